The predicted molar refractivity (Wildman–Crippen MR) is 81.1 cm³/mol. The molecule has 0 bridgehead atoms. The number of imide groups is 2. The Morgan fingerprint density at radius 2 is 1.78 bits per heavy atom. The van der Waals surface area contributed by atoms with Crippen LogP contribution in [0.15, 0.2) is 0 Å². The van der Waals surface area contributed by atoms with E-state index < -0.39 is 17.8 Å². The van der Waals surface area contributed by atoms with Gasteiger partial charge < -0.3 is 4.90 Å². The van der Waals surface area contributed by atoms with E-state index in [4.69, 9.17) is 0 Å². The van der Waals surface area contributed by atoms with Crippen LogP contribution in [0.1, 0.15) is 39.0 Å². The molecule has 0 aromatic carbocycles. The van der Waals surface area contributed by atoms with Crippen molar-refractivity contribution in [2.24, 2.45) is 11.8 Å². The van der Waals surface area contributed by atoms with Gasteiger partial charge in [0.15, 0.2) is 0 Å². The number of piperidine rings is 1. The lowest BCUT2D eigenvalue weighted by Crippen LogP contribution is -2.55. The first kappa shape index (κ1) is 16.0. The van der Waals surface area contributed by atoms with Crippen molar-refractivity contribution in [1.82, 2.24) is 14.7 Å². The fourth-order valence-corrected chi connectivity index (χ4v) is 4.20. The van der Waals surface area contributed by atoms with E-state index in [9.17, 15) is 19.2 Å². The van der Waals surface area contributed by atoms with Crippen molar-refractivity contribution in [3.63, 3.8) is 0 Å². The molecule has 7 heteroatoms. The molecule has 1 saturated carbocycles. The standard InChI is InChI=1S/C16H23N3O4/c1-10-7-8-18(12-6-4-3-5-11(10)12)13(20)9-19-15(22)14(21)17(2)16(19)23/h10-12H,3-9H2,1-2H3/t10-,11-,12-/m1/s1. The molecule has 2 heterocycles. The van der Waals surface area contributed by atoms with E-state index in [0.29, 0.717) is 18.4 Å². The number of carbonyl (C=O) groups excluding carboxylic acids is 4. The molecule has 0 radical (unpaired) electrons. The molecule has 0 unspecified atom stereocenters. The summed E-state index contributed by atoms with van der Waals surface area (Å²) in [5.74, 6) is -0.886. The molecule has 5 amide bonds. The number of amides is 5. The van der Waals surface area contributed by atoms with Crippen molar-refractivity contribution in [2.45, 2.75) is 45.1 Å². The zero-order chi connectivity index (χ0) is 16.7. The van der Waals surface area contributed by atoms with Gasteiger partial charge in [0.25, 0.3) is 0 Å². The molecule has 2 aliphatic heterocycles. The highest BCUT2D eigenvalue weighted by atomic mass is 16.2. The minimum atomic E-state index is -0.906. The smallest absolute Gasteiger partial charge is 0.334 e. The van der Waals surface area contributed by atoms with E-state index in [2.05, 4.69) is 6.92 Å². The highest BCUT2D eigenvalue weighted by molar-refractivity contribution is 6.44. The molecule has 0 spiro atoms. The van der Waals surface area contributed by atoms with Gasteiger partial charge in [-0.25, -0.2) is 9.69 Å². The quantitative estimate of drug-likeness (QED) is 0.557. The third-order valence-corrected chi connectivity index (χ3v) is 5.60. The Morgan fingerprint density at radius 3 is 2.43 bits per heavy atom. The van der Waals surface area contributed by atoms with E-state index in [1.54, 1.807) is 0 Å². The first-order chi connectivity index (χ1) is 10.9. The second-order valence-electron chi connectivity index (χ2n) is 6.91. The largest absolute Gasteiger partial charge is 0.338 e. The third-order valence-electron chi connectivity index (χ3n) is 5.60. The fourth-order valence-electron chi connectivity index (χ4n) is 4.20. The number of urea groups is 1. The van der Waals surface area contributed by atoms with E-state index in [1.807, 2.05) is 4.90 Å². The summed E-state index contributed by atoms with van der Waals surface area (Å²) in [4.78, 5) is 51.3. The second kappa shape index (κ2) is 5.94. The van der Waals surface area contributed by atoms with Crippen LogP contribution in [0.4, 0.5) is 4.79 Å². The molecule has 2 saturated heterocycles. The summed E-state index contributed by atoms with van der Waals surface area (Å²) >= 11 is 0. The Hall–Kier alpha value is -1.92. The van der Waals surface area contributed by atoms with Gasteiger partial charge in [0.1, 0.15) is 6.54 Å². The maximum absolute atomic E-state index is 12.7. The van der Waals surface area contributed by atoms with Gasteiger partial charge in [-0.3, -0.25) is 19.3 Å². The summed E-state index contributed by atoms with van der Waals surface area (Å²) < 4.78 is 0. The van der Waals surface area contributed by atoms with Crippen molar-refractivity contribution in [2.75, 3.05) is 20.1 Å². The van der Waals surface area contributed by atoms with Crippen LogP contribution in [0.5, 0.6) is 0 Å². The maximum Gasteiger partial charge on any atom is 0.334 e. The number of fused-ring (bicyclic) bond motifs is 1. The number of likely N-dealkylation sites (N-methyl/N-ethyl adjacent to an activating group) is 1. The summed E-state index contributed by atoms with van der Waals surface area (Å²) in [6.07, 6.45) is 5.39. The van der Waals surface area contributed by atoms with Gasteiger partial charge in [-0.2, -0.15) is 0 Å². The van der Waals surface area contributed by atoms with Crippen LogP contribution in [-0.4, -0.2) is 64.6 Å². The van der Waals surface area contributed by atoms with Crippen molar-refractivity contribution < 1.29 is 19.2 Å². The average molecular weight is 321 g/mol. The Morgan fingerprint density at radius 1 is 1.09 bits per heavy atom. The molecule has 0 N–H and O–H groups in total. The molecule has 23 heavy (non-hydrogen) atoms. The number of likely N-dealkylation sites (tertiary alicyclic amines) is 1. The maximum atomic E-state index is 12.7. The second-order valence-corrected chi connectivity index (χ2v) is 6.91. The lowest BCUT2D eigenvalue weighted by Gasteiger charge is -2.47. The fraction of sp³-hybridized carbons (Fsp3) is 0.750. The summed E-state index contributed by atoms with van der Waals surface area (Å²) in [5.41, 5.74) is 0. The molecule has 0 aromatic rings. The number of rotatable bonds is 2. The van der Waals surface area contributed by atoms with Crippen LogP contribution < -0.4 is 0 Å². The van der Waals surface area contributed by atoms with Gasteiger partial charge in [0.2, 0.25) is 5.91 Å². The van der Waals surface area contributed by atoms with E-state index in [1.165, 1.54) is 13.5 Å². The molecule has 126 valence electrons. The predicted octanol–water partition coefficient (Wildman–Crippen LogP) is 0.834. The van der Waals surface area contributed by atoms with Gasteiger partial charge in [0, 0.05) is 19.6 Å². The van der Waals surface area contributed by atoms with E-state index in [-0.39, 0.29) is 18.5 Å². The van der Waals surface area contributed by atoms with Gasteiger partial charge in [-0.15, -0.1) is 0 Å². The molecular weight excluding hydrogens is 298 g/mol. The number of hydrogen-bond donors (Lipinski definition) is 0. The average Bonchev–Trinajstić information content (AvgIpc) is 2.73. The molecule has 1 aliphatic carbocycles. The minimum Gasteiger partial charge on any atom is -0.338 e. The van der Waals surface area contributed by atoms with Gasteiger partial charge in [-0.1, -0.05) is 19.8 Å². The van der Waals surface area contributed by atoms with Crippen molar-refractivity contribution >= 4 is 23.8 Å². The normalized spacial score (nSPS) is 31.7. The summed E-state index contributed by atoms with van der Waals surface area (Å²) in [6.45, 7) is 2.58. The Labute approximate surface area is 135 Å². The third kappa shape index (κ3) is 2.62. The highest BCUT2D eigenvalue weighted by Crippen LogP contribution is 2.38. The molecule has 7 nitrogen and oxygen atoms in total. The van der Waals surface area contributed by atoms with Crippen molar-refractivity contribution in [3.05, 3.63) is 0 Å². The lowest BCUT2D eigenvalue weighted by molar-refractivity contribution is -0.146. The van der Waals surface area contributed by atoms with Gasteiger partial charge in [0.05, 0.1) is 0 Å². The zero-order valence-corrected chi connectivity index (χ0v) is 13.7. The monoisotopic (exact) mass is 321 g/mol. The van der Waals surface area contributed by atoms with E-state index in [0.717, 1.165) is 35.5 Å². The molecular formula is C16H23N3O4. The van der Waals surface area contributed by atoms with E-state index >= 15 is 0 Å². The van der Waals surface area contributed by atoms with Crippen LogP contribution in [0.3, 0.4) is 0 Å². The Kier molecular flexibility index (Phi) is 4.12. The van der Waals surface area contributed by atoms with Crippen LogP contribution in [0, 0.1) is 11.8 Å². The minimum absolute atomic E-state index is 0.209. The van der Waals surface area contributed by atoms with Crippen molar-refractivity contribution in [3.8, 4) is 0 Å². The summed E-state index contributed by atoms with van der Waals surface area (Å²) in [6, 6.07) is -0.500. The van der Waals surface area contributed by atoms with Gasteiger partial charge >= 0.3 is 17.8 Å². The lowest BCUT2D eigenvalue weighted by atomic mass is 9.72. The topological polar surface area (TPSA) is 78.0 Å². The number of carbonyl (C=O) groups is 4. The Bertz CT molecular complexity index is 562. The van der Waals surface area contributed by atoms with Gasteiger partial charge in [-0.05, 0) is 31.1 Å². The van der Waals surface area contributed by atoms with Crippen LogP contribution >= 0.6 is 0 Å². The first-order valence-corrected chi connectivity index (χ1v) is 8.34. The number of nitrogens with zero attached hydrogens (tertiary/aromatic N) is 3. The molecule has 0 aromatic heterocycles. The highest BCUT2D eigenvalue weighted by Gasteiger charge is 2.45. The Balaban J connectivity index is 1.72. The summed E-state index contributed by atoms with van der Waals surface area (Å²) in [7, 11) is 1.26. The molecule has 3 fully saturated rings. The number of hydrogen-bond acceptors (Lipinski definition) is 4. The summed E-state index contributed by atoms with van der Waals surface area (Å²) in [5, 5.41) is 0. The molecule has 3 rings (SSSR count). The van der Waals surface area contributed by atoms with Crippen LogP contribution in [0.2, 0.25) is 0 Å². The SMILES string of the molecule is C[C@@H]1CCN(C(=O)CN2C(=O)C(=O)N(C)C2=O)[C@@H]2CCCC[C@H]12. The van der Waals surface area contributed by atoms with Crippen molar-refractivity contribution in [1.29, 1.82) is 0 Å². The molecule has 3 aliphatic rings. The van der Waals surface area contributed by atoms with Crippen LogP contribution in [0.25, 0.3) is 0 Å². The van der Waals surface area contributed by atoms with Crippen LogP contribution in [-0.2, 0) is 14.4 Å². The molecule has 3 atom stereocenters. The first-order valence-electron chi connectivity index (χ1n) is 8.34. The zero-order valence-electron chi connectivity index (χ0n) is 13.7.